The van der Waals surface area contributed by atoms with Crippen LogP contribution in [0.4, 0.5) is 13.2 Å². The zero-order valence-electron chi connectivity index (χ0n) is 9.24. The summed E-state index contributed by atoms with van der Waals surface area (Å²) in [6, 6.07) is 2.98. The summed E-state index contributed by atoms with van der Waals surface area (Å²) in [6.45, 7) is 1.39. The lowest BCUT2D eigenvalue weighted by Crippen LogP contribution is -2.26. The average molecular weight is 351 g/mol. The van der Waals surface area contributed by atoms with Crippen LogP contribution in [0.25, 0.3) is 0 Å². The van der Waals surface area contributed by atoms with E-state index < -0.39 is 24.3 Å². The van der Waals surface area contributed by atoms with E-state index in [1.165, 1.54) is 19.1 Å². The van der Waals surface area contributed by atoms with Crippen LogP contribution >= 0.6 is 28.3 Å². The number of alkyl halides is 3. The second kappa shape index (κ2) is 6.60. The van der Waals surface area contributed by atoms with E-state index in [-0.39, 0.29) is 18.0 Å². The second-order valence-electron chi connectivity index (χ2n) is 3.50. The van der Waals surface area contributed by atoms with E-state index in [2.05, 4.69) is 20.7 Å². The van der Waals surface area contributed by atoms with Crippen LogP contribution in [0.15, 0.2) is 22.7 Å². The average Bonchev–Trinajstić information content (AvgIpc) is 2.17. The smallest absolute Gasteiger partial charge is 0.405 e. The zero-order chi connectivity index (χ0) is 13.2. The Bertz CT molecular complexity index is 401. The standard InChI is InChI=1S/C10H11BrF3NO2.ClH/c1-5(16)9(15)7-4-6(11)2-3-8(7)17-10(12,13)14;/h2-5,9,16H,15H2,1H3;1H/t5-,9-;/m1./s1. The van der Waals surface area contributed by atoms with Crippen LogP contribution in [0.5, 0.6) is 5.75 Å². The van der Waals surface area contributed by atoms with Crippen LogP contribution in [-0.4, -0.2) is 17.6 Å². The van der Waals surface area contributed by atoms with Crippen molar-refractivity contribution in [2.45, 2.75) is 25.4 Å². The first kappa shape index (κ1) is 17.5. The molecule has 2 atom stereocenters. The molecule has 0 aliphatic rings. The van der Waals surface area contributed by atoms with Gasteiger partial charge in [0.2, 0.25) is 0 Å². The Hall–Kier alpha value is -0.500. The van der Waals surface area contributed by atoms with Crippen molar-refractivity contribution >= 4 is 28.3 Å². The van der Waals surface area contributed by atoms with Gasteiger partial charge in [0.1, 0.15) is 5.75 Å². The summed E-state index contributed by atoms with van der Waals surface area (Å²) in [7, 11) is 0. The molecule has 8 heteroatoms. The van der Waals surface area contributed by atoms with Crippen molar-refractivity contribution in [2.24, 2.45) is 5.73 Å². The van der Waals surface area contributed by atoms with E-state index in [1.54, 1.807) is 0 Å². The molecule has 1 aromatic carbocycles. The van der Waals surface area contributed by atoms with E-state index in [0.717, 1.165) is 6.07 Å². The van der Waals surface area contributed by atoms with Gasteiger partial charge < -0.3 is 15.6 Å². The van der Waals surface area contributed by atoms with E-state index in [0.29, 0.717) is 4.47 Å². The Balaban J connectivity index is 0.00000289. The molecule has 0 aliphatic carbocycles. The van der Waals surface area contributed by atoms with Crippen LogP contribution in [0.2, 0.25) is 0 Å². The van der Waals surface area contributed by atoms with E-state index in [4.69, 9.17) is 5.73 Å². The molecule has 1 rings (SSSR count). The maximum Gasteiger partial charge on any atom is 0.573 e. The molecular weight excluding hydrogens is 338 g/mol. The normalized spacial score (nSPS) is 14.6. The molecule has 3 nitrogen and oxygen atoms in total. The molecule has 0 spiro atoms. The van der Waals surface area contributed by atoms with Crippen molar-refractivity contribution in [1.82, 2.24) is 0 Å². The summed E-state index contributed by atoms with van der Waals surface area (Å²) in [4.78, 5) is 0. The number of ether oxygens (including phenoxy) is 1. The molecule has 0 heterocycles. The monoisotopic (exact) mass is 349 g/mol. The van der Waals surface area contributed by atoms with Crippen molar-refractivity contribution in [3.05, 3.63) is 28.2 Å². The molecule has 0 radical (unpaired) electrons. The van der Waals surface area contributed by atoms with Gasteiger partial charge in [0, 0.05) is 10.0 Å². The molecule has 0 saturated heterocycles. The first-order valence-corrected chi connectivity index (χ1v) is 5.49. The third kappa shape index (κ3) is 5.01. The molecular formula is C10H12BrClF3NO2. The summed E-state index contributed by atoms with van der Waals surface area (Å²) < 4.78 is 40.8. The number of rotatable bonds is 3. The minimum absolute atomic E-state index is 0. The molecule has 18 heavy (non-hydrogen) atoms. The largest absolute Gasteiger partial charge is 0.573 e. The third-order valence-corrected chi connectivity index (χ3v) is 2.57. The van der Waals surface area contributed by atoms with Gasteiger partial charge in [-0.05, 0) is 25.1 Å². The Morgan fingerprint density at radius 3 is 2.39 bits per heavy atom. The minimum Gasteiger partial charge on any atom is -0.405 e. The van der Waals surface area contributed by atoms with Gasteiger partial charge in [-0.3, -0.25) is 0 Å². The Morgan fingerprint density at radius 1 is 1.39 bits per heavy atom. The fourth-order valence-corrected chi connectivity index (χ4v) is 1.64. The van der Waals surface area contributed by atoms with Gasteiger partial charge in [0.15, 0.2) is 0 Å². The molecule has 0 fully saturated rings. The lowest BCUT2D eigenvalue weighted by molar-refractivity contribution is -0.275. The van der Waals surface area contributed by atoms with Crippen molar-refractivity contribution in [3.63, 3.8) is 0 Å². The van der Waals surface area contributed by atoms with Gasteiger partial charge in [0.05, 0.1) is 12.1 Å². The summed E-state index contributed by atoms with van der Waals surface area (Å²) in [5.41, 5.74) is 5.70. The van der Waals surface area contributed by atoms with Crippen molar-refractivity contribution in [3.8, 4) is 5.75 Å². The lowest BCUT2D eigenvalue weighted by Gasteiger charge is -2.20. The summed E-state index contributed by atoms with van der Waals surface area (Å²) in [5.74, 6) is -0.408. The fourth-order valence-electron chi connectivity index (χ4n) is 1.26. The summed E-state index contributed by atoms with van der Waals surface area (Å²) in [5, 5.41) is 9.31. The third-order valence-electron chi connectivity index (χ3n) is 2.08. The SMILES string of the molecule is C[C@@H](O)[C@@H](N)c1cc(Br)ccc1OC(F)(F)F.Cl. The maximum absolute atomic E-state index is 12.1. The summed E-state index contributed by atoms with van der Waals surface area (Å²) >= 11 is 3.12. The van der Waals surface area contributed by atoms with Crippen LogP contribution in [-0.2, 0) is 0 Å². The molecule has 0 amide bonds. The van der Waals surface area contributed by atoms with Crippen molar-refractivity contribution in [2.75, 3.05) is 0 Å². The molecule has 0 aliphatic heterocycles. The number of aliphatic hydroxyl groups is 1. The zero-order valence-corrected chi connectivity index (χ0v) is 11.6. The van der Waals surface area contributed by atoms with E-state index in [1.807, 2.05) is 0 Å². The number of benzene rings is 1. The van der Waals surface area contributed by atoms with Crippen LogP contribution in [0, 0.1) is 0 Å². The predicted octanol–water partition coefficient (Wildman–Crippen LogP) is 3.15. The van der Waals surface area contributed by atoms with Gasteiger partial charge in [0.25, 0.3) is 0 Å². The molecule has 0 aromatic heterocycles. The topological polar surface area (TPSA) is 55.5 Å². The van der Waals surface area contributed by atoms with Crippen molar-refractivity contribution < 1.29 is 23.0 Å². The highest BCUT2D eigenvalue weighted by Gasteiger charge is 2.33. The van der Waals surface area contributed by atoms with Gasteiger partial charge in [-0.1, -0.05) is 15.9 Å². The summed E-state index contributed by atoms with van der Waals surface area (Å²) in [6.07, 6.45) is -5.78. The first-order chi connectivity index (χ1) is 7.70. The number of hydrogen-bond donors (Lipinski definition) is 2. The second-order valence-corrected chi connectivity index (χ2v) is 4.41. The predicted molar refractivity (Wildman–Crippen MR) is 66.7 cm³/mol. The fraction of sp³-hybridized carbons (Fsp3) is 0.400. The van der Waals surface area contributed by atoms with E-state index in [9.17, 15) is 18.3 Å². The molecule has 3 N–H and O–H groups in total. The quantitative estimate of drug-likeness (QED) is 0.880. The number of nitrogens with two attached hydrogens (primary N) is 1. The van der Waals surface area contributed by atoms with Gasteiger partial charge in [-0.15, -0.1) is 25.6 Å². The molecule has 104 valence electrons. The highest BCUT2D eigenvalue weighted by atomic mass is 79.9. The van der Waals surface area contributed by atoms with Crippen LogP contribution < -0.4 is 10.5 Å². The first-order valence-electron chi connectivity index (χ1n) is 4.69. The number of aliphatic hydroxyl groups excluding tert-OH is 1. The number of hydrogen-bond acceptors (Lipinski definition) is 3. The van der Waals surface area contributed by atoms with Crippen LogP contribution in [0.1, 0.15) is 18.5 Å². The maximum atomic E-state index is 12.1. The molecule has 0 unspecified atom stereocenters. The van der Waals surface area contributed by atoms with Crippen LogP contribution in [0.3, 0.4) is 0 Å². The van der Waals surface area contributed by atoms with Gasteiger partial charge in [-0.2, -0.15) is 0 Å². The van der Waals surface area contributed by atoms with E-state index >= 15 is 0 Å². The van der Waals surface area contributed by atoms with Gasteiger partial charge >= 0.3 is 6.36 Å². The van der Waals surface area contributed by atoms with Crippen molar-refractivity contribution in [1.29, 1.82) is 0 Å². The molecule has 1 aromatic rings. The number of halogens is 5. The minimum atomic E-state index is -4.79. The highest BCUT2D eigenvalue weighted by Crippen LogP contribution is 2.32. The van der Waals surface area contributed by atoms with Gasteiger partial charge in [-0.25, -0.2) is 0 Å². The Labute approximate surface area is 117 Å². The molecule has 0 saturated carbocycles. The highest BCUT2D eigenvalue weighted by molar-refractivity contribution is 9.10. The Morgan fingerprint density at radius 2 is 1.94 bits per heavy atom. The molecule has 0 bridgehead atoms. The lowest BCUT2D eigenvalue weighted by atomic mass is 10.0. The Kier molecular flexibility index (Phi) is 6.42.